The third kappa shape index (κ3) is 8.96. The second kappa shape index (κ2) is 9.26. The first-order valence-electron chi connectivity index (χ1n) is 5.44. The number of carbonyl (C=O) groups excluding carboxylic acids is 1. The van der Waals surface area contributed by atoms with Gasteiger partial charge in [-0.2, -0.15) is 0 Å². The second-order valence-electron chi connectivity index (χ2n) is 3.54. The molecule has 0 aromatic carbocycles. The van der Waals surface area contributed by atoms with E-state index in [0.717, 1.165) is 0 Å². The van der Waals surface area contributed by atoms with E-state index in [1.807, 2.05) is 0 Å². The van der Waals surface area contributed by atoms with Gasteiger partial charge in [0.25, 0.3) is 6.43 Å². The summed E-state index contributed by atoms with van der Waals surface area (Å²) in [6.45, 7) is 0.968. The third-order valence-electron chi connectivity index (χ3n) is 1.99. The van der Waals surface area contributed by atoms with Crippen LogP contribution in [0.2, 0.25) is 0 Å². The molecule has 0 saturated carbocycles. The van der Waals surface area contributed by atoms with Crippen molar-refractivity contribution in [1.29, 1.82) is 0 Å². The zero-order valence-corrected chi connectivity index (χ0v) is 9.81. The Morgan fingerprint density at radius 3 is 2.53 bits per heavy atom. The number of rotatable bonds is 9. The maximum Gasteiger partial charge on any atom is 0.308 e. The third-order valence-corrected chi connectivity index (χ3v) is 1.99. The van der Waals surface area contributed by atoms with E-state index >= 15 is 0 Å². The highest BCUT2D eigenvalue weighted by molar-refractivity contribution is 5.69. The van der Waals surface area contributed by atoms with Crippen molar-refractivity contribution in [3.63, 3.8) is 0 Å². The van der Waals surface area contributed by atoms with Crippen molar-refractivity contribution in [3.8, 4) is 0 Å². The van der Waals surface area contributed by atoms with Crippen LogP contribution in [0.5, 0.6) is 0 Å². The molecule has 1 atom stereocenters. The molecule has 0 aliphatic rings. The number of hydrogen-bond donors (Lipinski definition) is 2. The van der Waals surface area contributed by atoms with Crippen molar-refractivity contribution >= 4 is 5.97 Å². The number of carbonyl (C=O) groups is 1. The Bertz CT molecular complexity index is 216. The van der Waals surface area contributed by atoms with E-state index in [4.69, 9.17) is 5.11 Å². The van der Waals surface area contributed by atoms with Gasteiger partial charge in [0.2, 0.25) is 0 Å². The van der Waals surface area contributed by atoms with E-state index in [-0.39, 0.29) is 32.7 Å². The Labute approximate surface area is 99.0 Å². The molecule has 0 rings (SSSR count). The minimum Gasteiger partial charge on any atom is -0.466 e. The molecule has 0 heterocycles. The van der Waals surface area contributed by atoms with Gasteiger partial charge in [0.1, 0.15) is 0 Å². The summed E-state index contributed by atoms with van der Waals surface area (Å²) in [5.74, 6) is -0.569. The molecule has 1 unspecified atom stereocenters. The van der Waals surface area contributed by atoms with E-state index in [0.29, 0.717) is 0 Å². The van der Waals surface area contributed by atoms with E-state index in [2.05, 4.69) is 4.74 Å². The monoisotopic (exact) mass is 255 g/mol. The summed E-state index contributed by atoms with van der Waals surface area (Å²) in [6, 6.07) is 0. The van der Waals surface area contributed by atoms with Gasteiger partial charge in [-0.25, -0.2) is 8.78 Å². The van der Waals surface area contributed by atoms with E-state index in [9.17, 15) is 18.7 Å². The maximum absolute atomic E-state index is 12.1. The predicted octanol–water partition coefficient (Wildman–Crippen LogP) is -0.140. The molecule has 0 radical (unpaired) electrons. The van der Waals surface area contributed by atoms with Crippen molar-refractivity contribution < 1.29 is 28.5 Å². The fourth-order valence-electron chi connectivity index (χ4n) is 1.37. The largest absolute Gasteiger partial charge is 0.466 e. The summed E-state index contributed by atoms with van der Waals surface area (Å²) in [4.78, 5) is 12.2. The molecule has 0 aliphatic carbocycles. The Morgan fingerprint density at radius 1 is 1.41 bits per heavy atom. The highest BCUT2D eigenvalue weighted by Gasteiger charge is 2.18. The minimum atomic E-state index is -2.55. The normalized spacial score (nSPS) is 13.1. The summed E-state index contributed by atoms with van der Waals surface area (Å²) in [5, 5.41) is 18.2. The number of aliphatic hydroxyl groups excluding tert-OH is 2. The Hall–Kier alpha value is -0.790. The number of hydrogen-bond acceptors (Lipinski definition) is 5. The number of ether oxygens (including phenoxy) is 1. The molecule has 0 aromatic heterocycles. The molecule has 0 amide bonds. The first kappa shape index (κ1) is 16.2. The summed E-state index contributed by atoms with van der Waals surface area (Å²) in [5.41, 5.74) is 0. The van der Waals surface area contributed by atoms with Crippen LogP contribution in [0.15, 0.2) is 0 Å². The van der Waals surface area contributed by atoms with Crippen LogP contribution in [0.4, 0.5) is 8.78 Å². The molecule has 0 saturated heterocycles. The van der Waals surface area contributed by atoms with Crippen LogP contribution in [-0.2, 0) is 9.53 Å². The van der Waals surface area contributed by atoms with Crippen LogP contribution in [0.25, 0.3) is 0 Å². The fourth-order valence-corrected chi connectivity index (χ4v) is 1.37. The topological polar surface area (TPSA) is 70.0 Å². The smallest absolute Gasteiger partial charge is 0.308 e. The molecule has 7 heteroatoms. The second-order valence-corrected chi connectivity index (χ2v) is 3.54. The summed E-state index contributed by atoms with van der Waals surface area (Å²) in [7, 11) is 0. The Balaban J connectivity index is 4.01. The molecule has 0 aromatic rings. The first-order chi connectivity index (χ1) is 7.99. The van der Waals surface area contributed by atoms with Crippen LogP contribution in [0.1, 0.15) is 13.3 Å². The van der Waals surface area contributed by atoms with Gasteiger partial charge in [-0.15, -0.1) is 0 Å². The lowest BCUT2D eigenvalue weighted by Crippen LogP contribution is -2.38. The number of alkyl halides is 2. The van der Waals surface area contributed by atoms with E-state index in [1.165, 1.54) is 4.90 Å². The molecule has 0 fully saturated rings. The van der Waals surface area contributed by atoms with Gasteiger partial charge >= 0.3 is 5.97 Å². The van der Waals surface area contributed by atoms with Crippen LogP contribution in [-0.4, -0.2) is 66.5 Å². The highest BCUT2D eigenvalue weighted by Crippen LogP contribution is 2.03. The number of esters is 1. The van der Waals surface area contributed by atoms with Crippen LogP contribution in [0.3, 0.4) is 0 Å². The molecule has 102 valence electrons. The Morgan fingerprint density at radius 2 is 2.06 bits per heavy atom. The summed E-state index contributed by atoms with van der Waals surface area (Å²) < 4.78 is 28.9. The van der Waals surface area contributed by atoms with Gasteiger partial charge in [0.05, 0.1) is 32.3 Å². The van der Waals surface area contributed by atoms with Crippen molar-refractivity contribution in [2.24, 2.45) is 0 Å². The van der Waals surface area contributed by atoms with Gasteiger partial charge in [0, 0.05) is 13.1 Å². The lowest BCUT2D eigenvalue weighted by molar-refractivity contribution is -0.145. The van der Waals surface area contributed by atoms with Gasteiger partial charge in [0.15, 0.2) is 0 Å². The average molecular weight is 255 g/mol. The van der Waals surface area contributed by atoms with Gasteiger partial charge < -0.3 is 14.9 Å². The summed E-state index contributed by atoms with van der Waals surface area (Å²) >= 11 is 0. The van der Waals surface area contributed by atoms with Crippen LogP contribution in [0, 0.1) is 0 Å². The molecular weight excluding hydrogens is 236 g/mol. The molecule has 17 heavy (non-hydrogen) atoms. The molecule has 5 nitrogen and oxygen atoms in total. The zero-order valence-electron chi connectivity index (χ0n) is 9.81. The number of nitrogens with zero attached hydrogens (tertiary/aromatic N) is 1. The fraction of sp³-hybridized carbons (Fsp3) is 0.900. The molecule has 2 N–H and O–H groups in total. The Kier molecular flexibility index (Phi) is 8.83. The van der Waals surface area contributed by atoms with Gasteiger partial charge in [-0.1, -0.05) is 0 Å². The summed E-state index contributed by atoms with van der Waals surface area (Å²) in [6.07, 6.45) is -3.85. The van der Waals surface area contributed by atoms with E-state index in [1.54, 1.807) is 6.92 Å². The number of aliphatic hydroxyl groups is 2. The standard InChI is InChI=1S/C10H19F2NO4/c1-2-17-10(16)5-8(15)6-13(3-4-14)7-9(11)12/h8-9,14-15H,2-7H2,1H3. The van der Waals surface area contributed by atoms with Gasteiger partial charge in [-0.3, -0.25) is 9.69 Å². The predicted molar refractivity (Wildman–Crippen MR) is 56.8 cm³/mol. The van der Waals surface area contributed by atoms with Gasteiger partial charge in [-0.05, 0) is 6.92 Å². The van der Waals surface area contributed by atoms with Crippen molar-refractivity contribution in [2.75, 3.05) is 32.8 Å². The number of halogens is 2. The zero-order chi connectivity index (χ0) is 13.3. The van der Waals surface area contributed by atoms with Crippen molar-refractivity contribution in [1.82, 2.24) is 4.90 Å². The molecular formula is C10H19F2NO4. The molecule has 0 bridgehead atoms. The van der Waals surface area contributed by atoms with Crippen molar-refractivity contribution in [3.05, 3.63) is 0 Å². The SMILES string of the molecule is CCOC(=O)CC(O)CN(CCO)CC(F)F. The lowest BCUT2D eigenvalue weighted by Gasteiger charge is -2.23. The van der Waals surface area contributed by atoms with Crippen LogP contribution < -0.4 is 0 Å². The minimum absolute atomic E-state index is 0.0320. The van der Waals surface area contributed by atoms with Crippen LogP contribution >= 0.6 is 0 Å². The van der Waals surface area contributed by atoms with Crippen molar-refractivity contribution in [2.45, 2.75) is 25.9 Å². The average Bonchev–Trinajstić information content (AvgIpc) is 2.16. The van der Waals surface area contributed by atoms with E-state index < -0.39 is 25.0 Å². The lowest BCUT2D eigenvalue weighted by atomic mass is 10.2. The molecule has 0 aliphatic heterocycles. The quantitative estimate of drug-likeness (QED) is 0.561. The maximum atomic E-state index is 12.1. The first-order valence-corrected chi connectivity index (χ1v) is 5.44. The molecule has 0 spiro atoms. The highest BCUT2D eigenvalue weighted by atomic mass is 19.3.